The Labute approximate surface area is 123 Å². The highest BCUT2D eigenvalue weighted by atomic mass is 16.4. The summed E-state index contributed by atoms with van der Waals surface area (Å²) in [6.07, 6.45) is 5.68. The van der Waals surface area contributed by atoms with Crippen molar-refractivity contribution in [2.24, 2.45) is 0 Å². The predicted octanol–water partition coefficient (Wildman–Crippen LogP) is 2.12. The van der Waals surface area contributed by atoms with Crippen LogP contribution < -0.4 is 5.32 Å². The molecule has 0 saturated heterocycles. The Balaban J connectivity index is 1.75. The van der Waals surface area contributed by atoms with Gasteiger partial charge in [0.25, 0.3) is 0 Å². The molecule has 0 aliphatic rings. The van der Waals surface area contributed by atoms with Crippen molar-refractivity contribution < 1.29 is 9.21 Å². The molecule has 0 spiro atoms. The molecule has 0 unspecified atom stereocenters. The SMILES string of the molecule is CC(C)c1nnc([C@H](C)NC(=O)CCCc2cn[nH]c2)o1. The standard InChI is InChI=1S/C14H21N5O2/c1-9(2)13-18-19-14(21-13)10(3)17-12(20)6-4-5-11-7-15-16-8-11/h7-10H,4-6H2,1-3H3,(H,15,16)(H,17,20)/t10-/m0/s1. The van der Waals surface area contributed by atoms with Crippen molar-refractivity contribution >= 4 is 5.91 Å². The minimum Gasteiger partial charge on any atom is -0.423 e. The lowest BCUT2D eigenvalue weighted by atomic mass is 10.1. The van der Waals surface area contributed by atoms with Crippen molar-refractivity contribution in [1.29, 1.82) is 0 Å². The monoisotopic (exact) mass is 291 g/mol. The zero-order valence-electron chi connectivity index (χ0n) is 12.6. The van der Waals surface area contributed by atoms with Gasteiger partial charge < -0.3 is 9.73 Å². The van der Waals surface area contributed by atoms with Crippen LogP contribution in [0.2, 0.25) is 0 Å². The number of aromatic amines is 1. The Kier molecular flexibility index (Phi) is 5.08. The highest BCUT2D eigenvalue weighted by molar-refractivity contribution is 5.76. The first-order valence-corrected chi connectivity index (χ1v) is 7.16. The maximum Gasteiger partial charge on any atom is 0.238 e. The molecule has 0 radical (unpaired) electrons. The third-order valence-electron chi connectivity index (χ3n) is 3.12. The average molecular weight is 291 g/mol. The summed E-state index contributed by atoms with van der Waals surface area (Å²) in [5.74, 6) is 1.20. The molecule has 2 aromatic heterocycles. The number of amides is 1. The maximum absolute atomic E-state index is 11.9. The van der Waals surface area contributed by atoms with Crippen LogP contribution in [0.15, 0.2) is 16.8 Å². The van der Waals surface area contributed by atoms with Crippen molar-refractivity contribution in [2.75, 3.05) is 0 Å². The summed E-state index contributed by atoms with van der Waals surface area (Å²) in [4.78, 5) is 11.9. The number of rotatable bonds is 7. The molecule has 7 heteroatoms. The molecule has 2 aromatic rings. The molecule has 2 rings (SSSR count). The van der Waals surface area contributed by atoms with E-state index in [9.17, 15) is 4.79 Å². The van der Waals surface area contributed by atoms with Crippen LogP contribution in [0.1, 0.15) is 62.9 Å². The van der Waals surface area contributed by atoms with E-state index in [0.29, 0.717) is 18.2 Å². The number of nitrogens with zero attached hydrogens (tertiary/aromatic N) is 3. The lowest BCUT2D eigenvalue weighted by Crippen LogP contribution is -2.26. The number of nitrogens with one attached hydrogen (secondary N) is 2. The molecule has 0 saturated carbocycles. The van der Waals surface area contributed by atoms with Gasteiger partial charge in [-0.3, -0.25) is 9.89 Å². The lowest BCUT2D eigenvalue weighted by Gasteiger charge is -2.09. The summed E-state index contributed by atoms with van der Waals surface area (Å²) in [5, 5.41) is 17.4. The van der Waals surface area contributed by atoms with E-state index in [1.165, 1.54) is 0 Å². The molecule has 0 aliphatic carbocycles. The number of carbonyl (C=O) groups is 1. The first-order chi connectivity index (χ1) is 10.1. The van der Waals surface area contributed by atoms with E-state index in [1.807, 2.05) is 27.0 Å². The number of aryl methyl sites for hydroxylation is 1. The van der Waals surface area contributed by atoms with Crippen LogP contribution in [0.5, 0.6) is 0 Å². The fourth-order valence-corrected chi connectivity index (χ4v) is 1.90. The molecule has 0 aliphatic heterocycles. The molecule has 0 bridgehead atoms. The third kappa shape index (κ3) is 4.40. The first kappa shape index (κ1) is 15.2. The topological polar surface area (TPSA) is 96.7 Å². The fraction of sp³-hybridized carbons (Fsp3) is 0.571. The van der Waals surface area contributed by atoms with E-state index in [4.69, 9.17) is 4.42 Å². The van der Waals surface area contributed by atoms with Crippen LogP contribution in [0.25, 0.3) is 0 Å². The Morgan fingerprint density at radius 1 is 1.33 bits per heavy atom. The predicted molar refractivity (Wildman–Crippen MR) is 76.5 cm³/mol. The molecule has 21 heavy (non-hydrogen) atoms. The maximum atomic E-state index is 11.9. The fourth-order valence-electron chi connectivity index (χ4n) is 1.90. The zero-order valence-corrected chi connectivity index (χ0v) is 12.6. The van der Waals surface area contributed by atoms with Gasteiger partial charge in [0.15, 0.2) is 0 Å². The smallest absolute Gasteiger partial charge is 0.238 e. The first-order valence-electron chi connectivity index (χ1n) is 7.16. The Bertz CT molecular complexity index is 562. The second-order valence-electron chi connectivity index (χ2n) is 5.38. The molecule has 2 N–H and O–H groups in total. The summed E-state index contributed by atoms with van der Waals surface area (Å²) in [6.45, 7) is 5.80. The molecule has 7 nitrogen and oxygen atoms in total. The summed E-state index contributed by atoms with van der Waals surface area (Å²) >= 11 is 0. The van der Waals surface area contributed by atoms with Gasteiger partial charge in [0, 0.05) is 18.5 Å². The third-order valence-corrected chi connectivity index (χ3v) is 3.12. The molecule has 1 amide bonds. The Hall–Kier alpha value is -2.18. The van der Waals surface area contributed by atoms with Gasteiger partial charge in [-0.25, -0.2) is 0 Å². The van der Waals surface area contributed by atoms with Gasteiger partial charge >= 0.3 is 0 Å². The van der Waals surface area contributed by atoms with Gasteiger partial charge in [-0.1, -0.05) is 13.8 Å². The van der Waals surface area contributed by atoms with Crippen LogP contribution >= 0.6 is 0 Å². The second-order valence-corrected chi connectivity index (χ2v) is 5.38. The van der Waals surface area contributed by atoms with Gasteiger partial charge in [-0.15, -0.1) is 10.2 Å². The number of aromatic nitrogens is 4. The lowest BCUT2D eigenvalue weighted by molar-refractivity contribution is -0.122. The minimum atomic E-state index is -0.272. The van der Waals surface area contributed by atoms with E-state index >= 15 is 0 Å². The van der Waals surface area contributed by atoms with Gasteiger partial charge in [-0.2, -0.15) is 5.10 Å². The highest BCUT2D eigenvalue weighted by Crippen LogP contribution is 2.16. The summed E-state index contributed by atoms with van der Waals surface area (Å²) in [5.41, 5.74) is 1.11. The van der Waals surface area contributed by atoms with Crippen molar-refractivity contribution in [2.45, 2.75) is 52.0 Å². The van der Waals surface area contributed by atoms with Gasteiger partial charge in [0.2, 0.25) is 17.7 Å². The quantitative estimate of drug-likeness (QED) is 0.814. The number of carbonyl (C=O) groups excluding carboxylic acids is 1. The highest BCUT2D eigenvalue weighted by Gasteiger charge is 2.17. The summed E-state index contributed by atoms with van der Waals surface area (Å²) < 4.78 is 5.52. The van der Waals surface area contributed by atoms with E-state index < -0.39 is 0 Å². The minimum absolute atomic E-state index is 0.0182. The molecule has 1 atom stereocenters. The summed E-state index contributed by atoms with van der Waals surface area (Å²) in [6, 6.07) is -0.272. The zero-order chi connectivity index (χ0) is 15.2. The Morgan fingerprint density at radius 3 is 2.71 bits per heavy atom. The van der Waals surface area contributed by atoms with E-state index in [1.54, 1.807) is 6.20 Å². The molecule has 114 valence electrons. The van der Waals surface area contributed by atoms with Crippen LogP contribution in [0.3, 0.4) is 0 Å². The van der Waals surface area contributed by atoms with Crippen molar-refractivity contribution in [1.82, 2.24) is 25.7 Å². The van der Waals surface area contributed by atoms with E-state index in [2.05, 4.69) is 25.7 Å². The van der Waals surface area contributed by atoms with E-state index in [-0.39, 0.29) is 17.9 Å². The summed E-state index contributed by atoms with van der Waals surface area (Å²) in [7, 11) is 0. The van der Waals surface area contributed by atoms with Crippen molar-refractivity contribution in [3.05, 3.63) is 29.7 Å². The largest absolute Gasteiger partial charge is 0.423 e. The van der Waals surface area contributed by atoms with Crippen LogP contribution in [0, 0.1) is 0 Å². The van der Waals surface area contributed by atoms with Gasteiger partial charge in [0.05, 0.1) is 6.20 Å². The van der Waals surface area contributed by atoms with Crippen molar-refractivity contribution in [3.8, 4) is 0 Å². The number of hydrogen-bond donors (Lipinski definition) is 2. The molecule has 0 aromatic carbocycles. The molecular weight excluding hydrogens is 270 g/mol. The Morgan fingerprint density at radius 2 is 2.10 bits per heavy atom. The molecule has 0 fully saturated rings. The van der Waals surface area contributed by atoms with Crippen LogP contribution in [-0.4, -0.2) is 26.3 Å². The number of hydrogen-bond acceptors (Lipinski definition) is 5. The van der Waals surface area contributed by atoms with E-state index in [0.717, 1.165) is 18.4 Å². The molecule has 2 heterocycles. The van der Waals surface area contributed by atoms with Gasteiger partial charge in [0.1, 0.15) is 6.04 Å². The average Bonchev–Trinajstić information content (AvgIpc) is 3.09. The second kappa shape index (κ2) is 7.01. The van der Waals surface area contributed by atoms with Crippen LogP contribution in [0.4, 0.5) is 0 Å². The molecular formula is C14H21N5O2. The normalized spacial score (nSPS) is 12.6. The number of H-pyrrole nitrogens is 1. The van der Waals surface area contributed by atoms with Crippen molar-refractivity contribution in [3.63, 3.8) is 0 Å². The van der Waals surface area contributed by atoms with Crippen LogP contribution in [-0.2, 0) is 11.2 Å². The van der Waals surface area contributed by atoms with Gasteiger partial charge in [-0.05, 0) is 25.3 Å².